The highest BCUT2D eigenvalue weighted by Gasteiger charge is 2.19. The number of rotatable bonds is 64. The van der Waals surface area contributed by atoms with Crippen molar-refractivity contribution in [3.05, 3.63) is 24.3 Å². The average molecular weight is 1070 g/mol. The standard InChI is InChI=1S/C70H132O6/c1-4-7-10-13-16-19-22-25-28-31-33-35-37-39-42-45-48-51-54-57-60-63-69(72)75-66-67(65-74-68(71)62-59-56-53-50-47-44-41-38-30-27-24-21-18-15-12-9-6-3)76-70(73)64-61-58-55-52-49-46-43-40-36-34-32-29-26-23-20-17-14-11-8-5-2/h18,21,27,30,67H,4-17,19-20,22-26,28-29,31-66H2,1-3H3/b21-18-,30-27-. The molecule has 0 saturated carbocycles. The number of carbonyl (C=O) groups excluding carboxylic acids is 3. The predicted molar refractivity (Wildman–Crippen MR) is 330 cm³/mol. The lowest BCUT2D eigenvalue weighted by Crippen LogP contribution is -2.30. The van der Waals surface area contributed by atoms with Gasteiger partial charge in [-0.25, -0.2) is 0 Å². The summed E-state index contributed by atoms with van der Waals surface area (Å²) in [6, 6.07) is 0. The Kier molecular flexibility index (Phi) is 63.6. The zero-order chi connectivity index (χ0) is 55.0. The Balaban J connectivity index is 4.30. The Bertz CT molecular complexity index is 1230. The fourth-order valence-electron chi connectivity index (χ4n) is 10.5. The second-order valence-corrected chi connectivity index (χ2v) is 23.5. The number of allylic oxidation sites excluding steroid dienone is 4. The van der Waals surface area contributed by atoms with E-state index >= 15 is 0 Å². The van der Waals surface area contributed by atoms with Crippen molar-refractivity contribution in [3.8, 4) is 0 Å². The van der Waals surface area contributed by atoms with Crippen LogP contribution < -0.4 is 0 Å². The minimum atomic E-state index is -0.771. The van der Waals surface area contributed by atoms with Crippen LogP contribution in [0, 0.1) is 0 Å². The van der Waals surface area contributed by atoms with Crippen molar-refractivity contribution in [2.75, 3.05) is 13.2 Å². The lowest BCUT2D eigenvalue weighted by molar-refractivity contribution is -0.167. The van der Waals surface area contributed by atoms with Gasteiger partial charge < -0.3 is 14.2 Å². The highest BCUT2D eigenvalue weighted by Crippen LogP contribution is 2.19. The molecule has 0 aliphatic carbocycles. The summed E-state index contributed by atoms with van der Waals surface area (Å²) in [6.45, 7) is 6.70. The maximum atomic E-state index is 12.9. The van der Waals surface area contributed by atoms with Crippen molar-refractivity contribution >= 4 is 17.9 Å². The Morgan fingerprint density at radius 2 is 0.474 bits per heavy atom. The number of ether oxygens (including phenoxy) is 3. The van der Waals surface area contributed by atoms with Gasteiger partial charge in [0, 0.05) is 19.3 Å². The van der Waals surface area contributed by atoms with E-state index in [1.54, 1.807) is 0 Å². The molecule has 0 heterocycles. The number of hydrogen-bond donors (Lipinski definition) is 0. The molecular weight excluding hydrogens is 937 g/mol. The van der Waals surface area contributed by atoms with Gasteiger partial charge in [-0.05, 0) is 51.4 Å². The molecule has 0 rings (SSSR count). The van der Waals surface area contributed by atoms with Crippen LogP contribution in [0.15, 0.2) is 24.3 Å². The zero-order valence-electron chi connectivity index (χ0n) is 51.6. The summed E-state index contributed by atoms with van der Waals surface area (Å²) < 4.78 is 17.0. The summed E-state index contributed by atoms with van der Waals surface area (Å²) in [6.07, 6.45) is 79.1. The molecule has 0 fully saturated rings. The van der Waals surface area contributed by atoms with Gasteiger partial charge in [-0.2, -0.15) is 0 Å². The van der Waals surface area contributed by atoms with Crippen molar-refractivity contribution in [3.63, 3.8) is 0 Å². The van der Waals surface area contributed by atoms with Crippen molar-refractivity contribution in [2.24, 2.45) is 0 Å². The Labute approximate surface area is 474 Å². The molecule has 0 aliphatic rings. The van der Waals surface area contributed by atoms with E-state index in [-0.39, 0.29) is 31.1 Å². The molecule has 0 aromatic heterocycles. The van der Waals surface area contributed by atoms with Crippen LogP contribution >= 0.6 is 0 Å². The van der Waals surface area contributed by atoms with Crippen LogP contribution in [0.4, 0.5) is 0 Å². The molecule has 448 valence electrons. The van der Waals surface area contributed by atoms with Gasteiger partial charge in [0.2, 0.25) is 0 Å². The molecule has 6 heteroatoms. The minimum Gasteiger partial charge on any atom is -0.462 e. The fraction of sp³-hybridized carbons (Fsp3) is 0.900. The van der Waals surface area contributed by atoms with Gasteiger partial charge in [0.15, 0.2) is 6.10 Å². The van der Waals surface area contributed by atoms with Crippen LogP contribution in [-0.2, 0) is 28.6 Å². The van der Waals surface area contributed by atoms with Crippen LogP contribution in [-0.4, -0.2) is 37.2 Å². The molecule has 0 aliphatic heterocycles. The number of hydrogen-bond acceptors (Lipinski definition) is 6. The van der Waals surface area contributed by atoms with Gasteiger partial charge in [0.25, 0.3) is 0 Å². The SMILES string of the molecule is CCCCC/C=C\C/C=C\CCCCCCCCCC(=O)OCC(COC(=O)CCCCCCCCCCCCCCCCCCCCCCC)OC(=O)CCCCCCCCCCCCCCCCCCCCCC. The van der Waals surface area contributed by atoms with Crippen LogP contribution in [0.25, 0.3) is 0 Å². The van der Waals surface area contributed by atoms with Gasteiger partial charge >= 0.3 is 17.9 Å². The topological polar surface area (TPSA) is 78.9 Å². The largest absolute Gasteiger partial charge is 0.462 e. The van der Waals surface area contributed by atoms with Crippen molar-refractivity contribution in [2.45, 2.75) is 393 Å². The quantitative estimate of drug-likeness (QED) is 0.0261. The molecule has 0 amide bonds. The maximum Gasteiger partial charge on any atom is 0.306 e. The van der Waals surface area contributed by atoms with E-state index in [1.165, 1.54) is 276 Å². The van der Waals surface area contributed by atoms with E-state index in [1.807, 2.05) is 0 Å². The average Bonchev–Trinajstić information content (AvgIpc) is 3.42. The molecule has 6 nitrogen and oxygen atoms in total. The van der Waals surface area contributed by atoms with E-state index in [4.69, 9.17) is 14.2 Å². The molecule has 0 spiro atoms. The Hall–Kier alpha value is -2.11. The van der Waals surface area contributed by atoms with Gasteiger partial charge in [-0.3, -0.25) is 14.4 Å². The van der Waals surface area contributed by atoms with Crippen molar-refractivity contribution < 1.29 is 28.6 Å². The van der Waals surface area contributed by atoms with Crippen LogP contribution in [0.5, 0.6) is 0 Å². The normalized spacial score (nSPS) is 12.1. The smallest absolute Gasteiger partial charge is 0.306 e. The highest BCUT2D eigenvalue weighted by molar-refractivity contribution is 5.71. The second kappa shape index (κ2) is 65.4. The van der Waals surface area contributed by atoms with E-state index in [9.17, 15) is 14.4 Å². The third kappa shape index (κ3) is 62.7. The molecule has 1 atom stereocenters. The maximum absolute atomic E-state index is 12.9. The summed E-state index contributed by atoms with van der Waals surface area (Å²) in [7, 11) is 0. The van der Waals surface area contributed by atoms with E-state index in [0.717, 1.165) is 70.6 Å². The molecule has 0 radical (unpaired) electrons. The molecular formula is C70H132O6. The van der Waals surface area contributed by atoms with Gasteiger partial charge in [0.05, 0.1) is 0 Å². The van der Waals surface area contributed by atoms with Gasteiger partial charge in [-0.15, -0.1) is 0 Å². The second-order valence-electron chi connectivity index (χ2n) is 23.5. The van der Waals surface area contributed by atoms with Crippen LogP contribution in [0.3, 0.4) is 0 Å². The summed E-state index contributed by atoms with van der Waals surface area (Å²) in [4.78, 5) is 38.4. The lowest BCUT2D eigenvalue weighted by Gasteiger charge is -2.18. The molecule has 0 aromatic carbocycles. The first-order valence-electron chi connectivity index (χ1n) is 34.3. The molecule has 0 N–H and O–H groups in total. The van der Waals surface area contributed by atoms with Gasteiger partial charge in [0.1, 0.15) is 13.2 Å². The molecule has 1 unspecified atom stereocenters. The van der Waals surface area contributed by atoms with E-state index < -0.39 is 6.10 Å². The van der Waals surface area contributed by atoms with E-state index in [2.05, 4.69) is 45.1 Å². The zero-order valence-corrected chi connectivity index (χ0v) is 51.6. The summed E-state index contributed by atoms with van der Waals surface area (Å²) in [5.41, 5.74) is 0. The lowest BCUT2D eigenvalue weighted by atomic mass is 10.0. The number of carbonyl (C=O) groups is 3. The molecule has 0 bridgehead atoms. The Morgan fingerprint density at radius 3 is 0.750 bits per heavy atom. The first-order valence-corrected chi connectivity index (χ1v) is 34.3. The number of esters is 3. The highest BCUT2D eigenvalue weighted by atomic mass is 16.6. The van der Waals surface area contributed by atoms with Crippen LogP contribution in [0.2, 0.25) is 0 Å². The predicted octanol–water partition coefficient (Wildman–Crippen LogP) is 23.4. The molecule has 0 saturated heterocycles. The first kappa shape index (κ1) is 73.9. The minimum absolute atomic E-state index is 0.0671. The third-order valence-corrected chi connectivity index (χ3v) is 15.7. The van der Waals surface area contributed by atoms with Crippen molar-refractivity contribution in [1.29, 1.82) is 0 Å². The monoisotopic (exact) mass is 1070 g/mol. The Morgan fingerprint density at radius 1 is 0.263 bits per heavy atom. The summed E-state index contributed by atoms with van der Waals surface area (Å²) >= 11 is 0. The summed E-state index contributed by atoms with van der Waals surface area (Å²) in [5.74, 6) is -0.842. The van der Waals surface area contributed by atoms with E-state index in [0.29, 0.717) is 19.3 Å². The first-order chi connectivity index (χ1) is 37.5. The van der Waals surface area contributed by atoms with Crippen LogP contribution in [0.1, 0.15) is 387 Å². The van der Waals surface area contributed by atoms with Gasteiger partial charge in [-0.1, -0.05) is 340 Å². The molecule has 0 aromatic rings. The molecule has 76 heavy (non-hydrogen) atoms. The third-order valence-electron chi connectivity index (χ3n) is 15.7. The fourth-order valence-corrected chi connectivity index (χ4v) is 10.5. The van der Waals surface area contributed by atoms with Crippen molar-refractivity contribution in [1.82, 2.24) is 0 Å². The summed E-state index contributed by atoms with van der Waals surface area (Å²) in [5, 5.41) is 0. The number of unbranched alkanes of at least 4 members (excludes halogenated alkanes) is 49.